The first-order valence-electron chi connectivity index (χ1n) is 5.37. The summed E-state index contributed by atoms with van der Waals surface area (Å²) in [5, 5.41) is 7.14. The predicted octanol–water partition coefficient (Wildman–Crippen LogP) is 0.496. The van der Waals surface area contributed by atoms with Gasteiger partial charge in [-0.3, -0.25) is 0 Å². The number of hydrogen-bond acceptors (Lipinski definition) is 5. The normalized spacial score (nSPS) is 21.5. The number of piperidine rings is 1. The Balaban J connectivity index is 1.88. The Kier molecular flexibility index (Phi) is 3.45. The average Bonchev–Trinajstić information content (AvgIpc) is 2.68. The van der Waals surface area contributed by atoms with Crippen molar-refractivity contribution in [2.45, 2.75) is 38.1 Å². The maximum Gasteiger partial charge on any atom is 0.228 e. The van der Waals surface area contributed by atoms with Gasteiger partial charge in [-0.25, -0.2) is 0 Å². The molecular weight excluding hydrogens is 194 g/mol. The zero-order chi connectivity index (χ0) is 10.5. The third-order valence-electron chi connectivity index (χ3n) is 2.61. The molecule has 1 fully saturated rings. The number of aromatic nitrogens is 2. The molecule has 2 rings (SSSR count). The SMILES string of the molecule is O=CCc1noc(CC2CCCCN2)n1. The van der Waals surface area contributed by atoms with Crippen LogP contribution in [-0.4, -0.2) is 29.0 Å². The van der Waals surface area contributed by atoms with Crippen molar-refractivity contribution in [1.29, 1.82) is 0 Å². The summed E-state index contributed by atoms with van der Waals surface area (Å²) in [5.41, 5.74) is 0. The van der Waals surface area contributed by atoms with Gasteiger partial charge in [-0.2, -0.15) is 4.98 Å². The van der Waals surface area contributed by atoms with E-state index in [1.54, 1.807) is 0 Å². The van der Waals surface area contributed by atoms with E-state index in [1.165, 1.54) is 12.8 Å². The van der Waals surface area contributed by atoms with Crippen molar-refractivity contribution in [2.24, 2.45) is 0 Å². The lowest BCUT2D eigenvalue weighted by Gasteiger charge is -2.21. The summed E-state index contributed by atoms with van der Waals surface area (Å²) >= 11 is 0. The van der Waals surface area contributed by atoms with Crippen LogP contribution in [-0.2, 0) is 17.6 Å². The second-order valence-electron chi connectivity index (χ2n) is 3.83. The van der Waals surface area contributed by atoms with E-state index >= 15 is 0 Å². The lowest BCUT2D eigenvalue weighted by molar-refractivity contribution is -0.107. The predicted molar refractivity (Wildman–Crippen MR) is 53.4 cm³/mol. The summed E-state index contributed by atoms with van der Waals surface area (Å²) < 4.78 is 5.06. The topological polar surface area (TPSA) is 68.0 Å². The molecule has 0 amide bonds. The fourth-order valence-electron chi connectivity index (χ4n) is 1.84. The number of carbonyl (C=O) groups excluding carboxylic acids is 1. The molecule has 1 aliphatic heterocycles. The van der Waals surface area contributed by atoms with Crippen molar-refractivity contribution in [3.8, 4) is 0 Å². The Morgan fingerprint density at radius 2 is 2.47 bits per heavy atom. The Morgan fingerprint density at radius 3 is 3.20 bits per heavy atom. The zero-order valence-corrected chi connectivity index (χ0v) is 8.61. The summed E-state index contributed by atoms with van der Waals surface area (Å²) in [7, 11) is 0. The van der Waals surface area contributed by atoms with E-state index in [2.05, 4.69) is 15.5 Å². The molecule has 0 aromatic carbocycles. The molecule has 0 spiro atoms. The highest BCUT2D eigenvalue weighted by Gasteiger charge is 2.16. The third-order valence-corrected chi connectivity index (χ3v) is 2.61. The highest BCUT2D eigenvalue weighted by molar-refractivity contribution is 5.52. The minimum atomic E-state index is 0.238. The van der Waals surface area contributed by atoms with Gasteiger partial charge in [-0.05, 0) is 19.4 Å². The molecule has 82 valence electrons. The molecule has 1 unspecified atom stereocenters. The van der Waals surface area contributed by atoms with Crippen LogP contribution in [0.3, 0.4) is 0 Å². The molecule has 0 bridgehead atoms. The van der Waals surface area contributed by atoms with E-state index < -0.39 is 0 Å². The Hall–Kier alpha value is -1.23. The van der Waals surface area contributed by atoms with E-state index in [0.29, 0.717) is 17.8 Å². The molecule has 1 aromatic rings. The number of nitrogens with zero attached hydrogens (tertiary/aromatic N) is 2. The molecular formula is C10H15N3O2. The molecule has 1 saturated heterocycles. The molecule has 0 radical (unpaired) electrons. The van der Waals surface area contributed by atoms with Gasteiger partial charge in [-0.15, -0.1) is 0 Å². The quantitative estimate of drug-likeness (QED) is 0.731. The van der Waals surface area contributed by atoms with Gasteiger partial charge in [0.05, 0.1) is 6.42 Å². The average molecular weight is 209 g/mol. The standard InChI is InChI=1S/C10H15N3O2/c14-6-4-9-12-10(15-13-9)7-8-3-1-2-5-11-8/h6,8,11H,1-5,7H2. The van der Waals surface area contributed by atoms with Crippen molar-refractivity contribution >= 4 is 6.29 Å². The first-order chi connectivity index (χ1) is 7.38. The van der Waals surface area contributed by atoms with Gasteiger partial charge in [0.2, 0.25) is 5.89 Å². The molecule has 2 heterocycles. The molecule has 1 N–H and O–H groups in total. The van der Waals surface area contributed by atoms with Crippen molar-refractivity contribution in [1.82, 2.24) is 15.5 Å². The summed E-state index contributed by atoms with van der Waals surface area (Å²) in [4.78, 5) is 14.4. The summed E-state index contributed by atoms with van der Waals surface area (Å²) in [6, 6.07) is 0.447. The maximum atomic E-state index is 10.2. The van der Waals surface area contributed by atoms with E-state index in [0.717, 1.165) is 25.7 Å². The molecule has 1 aliphatic rings. The zero-order valence-electron chi connectivity index (χ0n) is 8.61. The Morgan fingerprint density at radius 1 is 1.53 bits per heavy atom. The minimum absolute atomic E-state index is 0.238. The number of rotatable bonds is 4. The molecule has 1 aromatic heterocycles. The third kappa shape index (κ3) is 2.86. The molecule has 15 heavy (non-hydrogen) atoms. The maximum absolute atomic E-state index is 10.2. The summed E-state index contributed by atoms with van der Waals surface area (Å²) in [5.74, 6) is 1.11. The van der Waals surface area contributed by atoms with Crippen LogP contribution >= 0.6 is 0 Å². The van der Waals surface area contributed by atoms with Crippen LogP contribution in [0.25, 0.3) is 0 Å². The molecule has 5 nitrogen and oxygen atoms in total. The number of carbonyl (C=O) groups is 1. The Labute approximate surface area is 88.2 Å². The van der Waals surface area contributed by atoms with Gasteiger partial charge in [-0.1, -0.05) is 11.6 Å². The van der Waals surface area contributed by atoms with Gasteiger partial charge in [0, 0.05) is 12.5 Å². The molecule has 1 atom stereocenters. The number of aldehydes is 1. The highest BCUT2D eigenvalue weighted by atomic mass is 16.5. The first kappa shape index (κ1) is 10.3. The first-order valence-corrected chi connectivity index (χ1v) is 5.37. The highest BCUT2D eigenvalue weighted by Crippen LogP contribution is 2.11. The van der Waals surface area contributed by atoms with Crippen molar-refractivity contribution in [3.63, 3.8) is 0 Å². The summed E-state index contributed by atoms with van der Waals surface area (Å²) in [6.45, 7) is 1.07. The minimum Gasteiger partial charge on any atom is -0.339 e. The van der Waals surface area contributed by atoms with Crippen LogP contribution in [0, 0.1) is 0 Å². The van der Waals surface area contributed by atoms with Crippen LogP contribution < -0.4 is 5.32 Å². The van der Waals surface area contributed by atoms with Gasteiger partial charge < -0.3 is 14.6 Å². The van der Waals surface area contributed by atoms with Gasteiger partial charge in [0.1, 0.15) is 6.29 Å². The lowest BCUT2D eigenvalue weighted by atomic mass is 10.0. The monoisotopic (exact) mass is 209 g/mol. The Bertz CT molecular complexity index is 318. The fraction of sp³-hybridized carbons (Fsp3) is 0.700. The van der Waals surface area contributed by atoms with Crippen LogP contribution in [0.4, 0.5) is 0 Å². The van der Waals surface area contributed by atoms with E-state index in [1.807, 2.05) is 0 Å². The van der Waals surface area contributed by atoms with Crippen LogP contribution in [0.2, 0.25) is 0 Å². The molecule has 0 saturated carbocycles. The van der Waals surface area contributed by atoms with Gasteiger partial charge >= 0.3 is 0 Å². The van der Waals surface area contributed by atoms with Crippen molar-refractivity contribution < 1.29 is 9.32 Å². The van der Waals surface area contributed by atoms with E-state index in [4.69, 9.17) is 4.52 Å². The van der Waals surface area contributed by atoms with Crippen LogP contribution in [0.15, 0.2) is 4.52 Å². The number of nitrogens with one attached hydrogen (secondary N) is 1. The van der Waals surface area contributed by atoms with E-state index in [-0.39, 0.29) is 6.42 Å². The van der Waals surface area contributed by atoms with Gasteiger partial charge in [0.15, 0.2) is 5.82 Å². The summed E-state index contributed by atoms with van der Waals surface area (Å²) in [6.07, 6.45) is 5.45. The van der Waals surface area contributed by atoms with E-state index in [9.17, 15) is 4.79 Å². The van der Waals surface area contributed by atoms with Crippen LogP contribution in [0.1, 0.15) is 31.0 Å². The van der Waals surface area contributed by atoms with Crippen LogP contribution in [0.5, 0.6) is 0 Å². The second kappa shape index (κ2) is 5.02. The fourth-order valence-corrected chi connectivity index (χ4v) is 1.84. The lowest BCUT2D eigenvalue weighted by Crippen LogP contribution is -2.35. The smallest absolute Gasteiger partial charge is 0.228 e. The second-order valence-corrected chi connectivity index (χ2v) is 3.83. The molecule has 5 heteroatoms. The van der Waals surface area contributed by atoms with Gasteiger partial charge in [0.25, 0.3) is 0 Å². The van der Waals surface area contributed by atoms with Crippen molar-refractivity contribution in [2.75, 3.05) is 6.54 Å². The molecule has 0 aliphatic carbocycles. The largest absolute Gasteiger partial charge is 0.339 e. The van der Waals surface area contributed by atoms with Crippen molar-refractivity contribution in [3.05, 3.63) is 11.7 Å². The number of hydrogen-bond donors (Lipinski definition) is 1.